The maximum Gasteiger partial charge on any atom is 0.267 e. The van der Waals surface area contributed by atoms with Crippen molar-refractivity contribution in [1.82, 2.24) is 30.0 Å². The van der Waals surface area contributed by atoms with Gasteiger partial charge in [-0.05, 0) is 43.9 Å². The molecule has 7 heteroatoms. The van der Waals surface area contributed by atoms with Crippen molar-refractivity contribution in [1.29, 1.82) is 0 Å². The summed E-state index contributed by atoms with van der Waals surface area (Å²) in [6.07, 6.45) is 11.0. The van der Waals surface area contributed by atoms with Crippen LogP contribution in [0.25, 0.3) is 11.3 Å². The zero-order valence-corrected chi connectivity index (χ0v) is 14.5. The van der Waals surface area contributed by atoms with Gasteiger partial charge in [-0.3, -0.25) is 9.78 Å². The van der Waals surface area contributed by atoms with Crippen LogP contribution in [-0.4, -0.2) is 30.8 Å². The Balaban J connectivity index is 1.41. The topological polar surface area (TPSA) is 88.5 Å². The number of H-pyrrole nitrogens is 1. The van der Waals surface area contributed by atoms with E-state index in [1.54, 1.807) is 35.5 Å². The van der Waals surface area contributed by atoms with E-state index >= 15 is 0 Å². The number of aromatic nitrogens is 5. The minimum absolute atomic E-state index is 0.0309. The van der Waals surface area contributed by atoms with Crippen molar-refractivity contribution in [3.05, 3.63) is 65.2 Å². The van der Waals surface area contributed by atoms with E-state index in [-0.39, 0.29) is 11.6 Å². The van der Waals surface area contributed by atoms with Gasteiger partial charge in [-0.2, -0.15) is 5.10 Å². The second-order valence-electron chi connectivity index (χ2n) is 6.70. The Morgan fingerprint density at radius 3 is 2.62 bits per heavy atom. The van der Waals surface area contributed by atoms with Crippen LogP contribution in [0.2, 0.25) is 0 Å². The van der Waals surface area contributed by atoms with Gasteiger partial charge < -0.3 is 10.3 Å². The molecule has 0 atom stereocenters. The Kier molecular flexibility index (Phi) is 4.88. The van der Waals surface area contributed by atoms with Gasteiger partial charge in [0.1, 0.15) is 0 Å². The Morgan fingerprint density at radius 1 is 1.08 bits per heavy atom. The lowest BCUT2D eigenvalue weighted by atomic mass is 9.91. The fourth-order valence-electron chi connectivity index (χ4n) is 3.52. The molecule has 0 bridgehead atoms. The first-order valence-electron chi connectivity index (χ1n) is 9.00. The van der Waals surface area contributed by atoms with Crippen molar-refractivity contribution in [2.24, 2.45) is 0 Å². The van der Waals surface area contributed by atoms with Gasteiger partial charge in [-0.15, -0.1) is 0 Å². The molecule has 0 amide bonds. The Morgan fingerprint density at radius 2 is 1.88 bits per heavy atom. The minimum atomic E-state index is -0.0309. The van der Waals surface area contributed by atoms with Gasteiger partial charge in [0.05, 0.1) is 18.1 Å². The van der Waals surface area contributed by atoms with Crippen molar-refractivity contribution >= 4 is 0 Å². The number of hydrogen-bond donors (Lipinski definition) is 2. The highest BCUT2D eigenvalue weighted by atomic mass is 16.1. The summed E-state index contributed by atoms with van der Waals surface area (Å²) >= 11 is 0. The molecule has 0 radical (unpaired) electrons. The van der Waals surface area contributed by atoms with Gasteiger partial charge >= 0.3 is 0 Å². The Labute approximate surface area is 151 Å². The van der Waals surface area contributed by atoms with Crippen LogP contribution in [0.15, 0.2) is 54.0 Å². The monoisotopic (exact) mass is 350 g/mol. The van der Waals surface area contributed by atoms with E-state index in [2.05, 4.69) is 25.4 Å². The molecule has 2 N–H and O–H groups in total. The number of aromatic amines is 1. The van der Waals surface area contributed by atoms with Crippen LogP contribution in [0.3, 0.4) is 0 Å². The van der Waals surface area contributed by atoms with Gasteiger partial charge in [-0.25, -0.2) is 9.67 Å². The van der Waals surface area contributed by atoms with Crippen molar-refractivity contribution in [3.8, 4) is 11.3 Å². The highest BCUT2D eigenvalue weighted by molar-refractivity contribution is 5.57. The fraction of sp³-hybridized carbons (Fsp3) is 0.368. The first-order valence-corrected chi connectivity index (χ1v) is 9.00. The number of imidazole rings is 1. The van der Waals surface area contributed by atoms with E-state index in [9.17, 15) is 4.79 Å². The Bertz CT molecular complexity index is 882. The third kappa shape index (κ3) is 3.72. The molecule has 1 saturated carbocycles. The molecule has 1 aliphatic rings. The molecule has 1 aliphatic carbocycles. The molecule has 3 heterocycles. The smallest absolute Gasteiger partial charge is 0.267 e. The van der Waals surface area contributed by atoms with Gasteiger partial charge in [0.2, 0.25) is 0 Å². The summed E-state index contributed by atoms with van der Waals surface area (Å²) in [5, 5.41) is 8.18. The fourth-order valence-corrected chi connectivity index (χ4v) is 3.52. The van der Waals surface area contributed by atoms with E-state index in [4.69, 9.17) is 0 Å². The largest absolute Gasteiger partial charge is 0.347 e. The molecule has 1 fully saturated rings. The third-order valence-corrected chi connectivity index (χ3v) is 4.98. The van der Waals surface area contributed by atoms with Crippen LogP contribution in [0.5, 0.6) is 0 Å². The van der Waals surface area contributed by atoms with Crippen molar-refractivity contribution in [3.63, 3.8) is 0 Å². The van der Waals surface area contributed by atoms with Crippen LogP contribution in [-0.2, 0) is 6.54 Å². The standard InChI is InChI=1S/C19H22N6O/c26-19-6-5-18(14-7-9-20-10-8-14)24-25(19)17-3-1-15(2-4-17)22-12-16-11-21-13-23-16/h5-11,13,15,17,22H,1-4,12H2,(H,21,23). The highest BCUT2D eigenvalue weighted by Crippen LogP contribution is 2.27. The lowest BCUT2D eigenvalue weighted by Crippen LogP contribution is -2.36. The summed E-state index contributed by atoms with van der Waals surface area (Å²) in [5.74, 6) is 0. The first kappa shape index (κ1) is 16.7. The molecule has 0 spiro atoms. The zero-order chi connectivity index (χ0) is 17.8. The maximum atomic E-state index is 12.3. The quantitative estimate of drug-likeness (QED) is 0.737. The van der Waals surface area contributed by atoms with Crippen LogP contribution >= 0.6 is 0 Å². The van der Waals surface area contributed by atoms with Crippen molar-refractivity contribution in [2.45, 2.75) is 44.3 Å². The van der Waals surface area contributed by atoms with Gasteiger partial charge in [0.25, 0.3) is 5.56 Å². The summed E-state index contributed by atoms with van der Waals surface area (Å²) in [6.45, 7) is 0.797. The van der Waals surface area contributed by atoms with Gasteiger partial charge in [0.15, 0.2) is 0 Å². The number of hydrogen-bond acceptors (Lipinski definition) is 5. The average molecular weight is 350 g/mol. The molecule has 3 aromatic rings. The van der Waals surface area contributed by atoms with Crippen molar-refractivity contribution in [2.75, 3.05) is 0 Å². The summed E-state index contributed by atoms with van der Waals surface area (Å²) < 4.78 is 1.67. The number of nitrogens with one attached hydrogen (secondary N) is 2. The number of pyridine rings is 1. The summed E-state index contributed by atoms with van der Waals surface area (Å²) in [7, 11) is 0. The van der Waals surface area contributed by atoms with Crippen LogP contribution in [0.4, 0.5) is 0 Å². The zero-order valence-electron chi connectivity index (χ0n) is 14.5. The van der Waals surface area contributed by atoms with Crippen molar-refractivity contribution < 1.29 is 0 Å². The molecule has 0 aromatic carbocycles. The lowest BCUT2D eigenvalue weighted by Gasteiger charge is -2.29. The van der Waals surface area contributed by atoms with E-state index in [1.807, 2.05) is 18.3 Å². The molecular formula is C19H22N6O. The molecule has 134 valence electrons. The molecule has 4 rings (SSSR count). The molecular weight excluding hydrogens is 328 g/mol. The van der Waals surface area contributed by atoms with Gasteiger partial charge in [-0.1, -0.05) is 0 Å². The SMILES string of the molecule is O=c1ccc(-c2ccncc2)nn1C1CCC(NCc2cnc[nH]2)CC1. The van der Waals surface area contributed by atoms with Crippen LogP contribution < -0.4 is 10.9 Å². The van der Waals surface area contributed by atoms with E-state index in [0.717, 1.165) is 49.2 Å². The predicted octanol–water partition coefficient (Wildman–Crippen LogP) is 2.30. The maximum absolute atomic E-state index is 12.3. The predicted molar refractivity (Wildman–Crippen MR) is 98.4 cm³/mol. The van der Waals surface area contributed by atoms with E-state index < -0.39 is 0 Å². The Hall–Kier alpha value is -2.80. The second kappa shape index (κ2) is 7.61. The summed E-state index contributed by atoms with van der Waals surface area (Å²) in [4.78, 5) is 23.5. The molecule has 0 unspecified atom stereocenters. The third-order valence-electron chi connectivity index (χ3n) is 4.98. The van der Waals surface area contributed by atoms with E-state index in [0.29, 0.717) is 6.04 Å². The highest BCUT2D eigenvalue weighted by Gasteiger charge is 2.23. The molecule has 7 nitrogen and oxygen atoms in total. The lowest BCUT2D eigenvalue weighted by molar-refractivity contribution is 0.269. The summed E-state index contributed by atoms with van der Waals surface area (Å²) in [5.41, 5.74) is 2.85. The van der Waals surface area contributed by atoms with E-state index in [1.165, 1.54) is 0 Å². The molecule has 3 aromatic heterocycles. The van der Waals surface area contributed by atoms with Gasteiger partial charge in [0, 0.05) is 48.5 Å². The minimum Gasteiger partial charge on any atom is -0.347 e. The second-order valence-corrected chi connectivity index (χ2v) is 6.70. The number of rotatable bonds is 5. The number of nitrogens with zero attached hydrogens (tertiary/aromatic N) is 4. The summed E-state index contributed by atoms with van der Waals surface area (Å²) in [6, 6.07) is 7.85. The van der Waals surface area contributed by atoms with Crippen LogP contribution in [0.1, 0.15) is 37.4 Å². The van der Waals surface area contributed by atoms with Crippen LogP contribution in [0, 0.1) is 0 Å². The molecule has 0 saturated heterocycles. The average Bonchev–Trinajstić information content (AvgIpc) is 3.22. The molecule has 0 aliphatic heterocycles. The molecule has 26 heavy (non-hydrogen) atoms. The normalized spacial score (nSPS) is 20.2. The first-order chi connectivity index (χ1) is 12.8.